The Labute approximate surface area is 259 Å². The van der Waals surface area contributed by atoms with E-state index in [1.54, 1.807) is 0 Å². The van der Waals surface area contributed by atoms with Crippen LogP contribution in [-0.2, 0) is 19.1 Å². The Morgan fingerprint density at radius 3 is 1.70 bits per heavy atom. The zero-order valence-electron chi connectivity index (χ0n) is 23.9. The molecule has 0 aromatic carbocycles. The summed E-state index contributed by atoms with van der Waals surface area (Å²) in [5.41, 5.74) is 0. The highest BCUT2D eigenvalue weighted by molar-refractivity contribution is 8.17. The first-order valence-electron chi connectivity index (χ1n) is 13.6. The van der Waals surface area contributed by atoms with Crippen LogP contribution >= 0.6 is 11.8 Å². The second-order valence-electron chi connectivity index (χ2n) is 8.40. The Balaban J connectivity index is -0.0000000580. The molecule has 0 aliphatic rings. The van der Waals surface area contributed by atoms with Gasteiger partial charge in [0.25, 0.3) is 0 Å². The van der Waals surface area contributed by atoms with Crippen molar-refractivity contribution < 1.29 is 42.1 Å². The first kappa shape index (κ1) is 38.9. The number of unbranched alkanes of at least 4 members (excludes halogenated alkanes) is 11. The first-order valence-corrected chi connectivity index (χ1v) is 14.4. The zero-order chi connectivity index (χ0) is 29.9. The van der Waals surface area contributed by atoms with Crippen LogP contribution in [0.1, 0.15) is 110 Å². The molecule has 0 heterocycles. The van der Waals surface area contributed by atoms with E-state index < -0.39 is 12.9 Å². The average molecular weight is 585 g/mol. The monoisotopic (exact) mass is 584 g/mol. The summed E-state index contributed by atoms with van der Waals surface area (Å²) >= 11 is 0.893. The quantitative estimate of drug-likeness (QED) is 0.0773. The van der Waals surface area contributed by atoms with Gasteiger partial charge in [0.2, 0.25) is 0 Å². The van der Waals surface area contributed by atoms with Gasteiger partial charge in [-0.05, 0) is 70.9 Å². The second kappa shape index (κ2) is 33.8. The van der Waals surface area contributed by atoms with Crippen molar-refractivity contribution in [3.05, 3.63) is 0 Å². The van der Waals surface area contributed by atoms with Crippen LogP contribution in [0.4, 0.5) is 0 Å². The van der Waals surface area contributed by atoms with Crippen molar-refractivity contribution in [3.8, 4) is 70.9 Å². The van der Waals surface area contributed by atoms with E-state index in [0.717, 1.165) is 24.6 Å². The van der Waals surface area contributed by atoms with Crippen LogP contribution in [0.25, 0.3) is 0 Å². The third-order valence-corrected chi connectivity index (χ3v) is 5.44. The molecular weight excluding hydrogens is 524 g/mol. The number of hydrogen-bond donors (Lipinski definition) is 2. The number of thioether (sulfide) groups is 1. The summed E-state index contributed by atoms with van der Waals surface area (Å²) in [6, 6.07) is 0. The standard InChI is InChI=1S/C19H38O5.C14H4OS.9H2/c1-2-3-4-5-6-7-8-9-10-11-12-13-14-19(22)24-18(15-20)16-23-17-21;1-3-4-5-6-7-8-9-10-11-12-13-16-14(2)15;;;;;;;;;/h18,20-21H,2-17H2,1H3;1H,2H3;9*1H/t18-;;;;;;;;;;/m1........../s1. The number of esters is 1. The lowest BCUT2D eigenvalue weighted by Gasteiger charge is -2.14. The van der Waals surface area contributed by atoms with Crippen LogP contribution in [0.2, 0.25) is 0 Å². The molecule has 0 aliphatic carbocycles. The molecule has 234 valence electrons. The molecule has 0 aliphatic heterocycles. The molecule has 7 heteroatoms. The number of ether oxygens (including phenoxy) is 2. The molecule has 0 aromatic heterocycles. The van der Waals surface area contributed by atoms with E-state index in [4.69, 9.17) is 26.1 Å². The van der Waals surface area contributed by atoms with Gasteiger partial charge >= 0.3 is 5.97 Å². The van der Waals surface area contributed by atoms with E-state index in [-0.39, 0.29) is 37.1 Å². The maximum atomic E-state index is 11.6. The van der Waals surface area contributed by atoms with E-state index in [2.05, 4.69) is 71.4 Å². The molecule has 0 radical (unpaired) electrons. The SMILES string of the molecule is C#CC#CC#CC#CC#CC#CSC(C)=O.CCCCCCCCCCCCCCC(=O)O[C@H](CO)COCO.[HH].[HH].[HH].[HH].[HH].[HH].[HH].[HH].[HH]. The fourth-order valence-corrected chi connectivity index (χ4v) is 3.29. The first-order chi connectivity index (χ1) is 19.5. The maximum Gasteiger partial charge on any atom is 0.306 e. The zero-order valence-corrected chi connectivity index (χ0v) is 24.7. The van der Waals surface area contributed by atoms with Gasteiger partial charge in [0.15, 0.2) is 5.12 Å². The Hall–Kier alpha value is -3.27. The molecule has 2 N–H and O–H groups in total. The third kappa shape index (κ3) is 34.7. The number of aliphatic hydroxyl groups is 2. The Morgan fingerprint density at radius 1 is 0.775 bits per heavy atom. The number of rotatable bonds is 18. The normalized spacial score (nSPS) is 9.38. The minimum atomic E-state index is -0.679. The van der Waals surface area contributed by atoms with Crippen LogP contribution in [-0.4, -0.2) is 47.4 Å². The van der Waals surface area contributed by atoms with Crippen LogP contribution in [0.15, 0.2) is 0 Å². The van der Waals surface area contributed by atoms with Gasteiger partial charge in [-0.3, -0.25) is 9.59 Å². The van der Waals surface area contributed by atoms with Crippen molar-refractivity contribution in [2.75, 3.05) is 20.0 Å². The summed E-state index contributed by atoms with van der Waals surface area (Å²) in [7, 11) is 0. The summed E-state index contributed by atoms with van der Waals surface area (Å²) < 4.78 is 9.80. The molecule has 0 saturated carbocycles. The smallest absolute Gasteiger partial charge is 0.306 e. The summed E-state index contributed by atoms with van der Waals surface area (Å²) in [4.78, 5) is 22.0. The topological polar surface area (TPSA) is 93.1 Å². The average Bonchev–Trinajstić information content (AvgIpc) is 2.94. The lowest BCUT2D eigenvalue weighted by molar-refractivity contribution is -0.157. The van der Waals surface area contributed by atoms with Crippen LogP contribution in [0, 0.1) is 70.9 Å². The van der Waals surface area contributed by atoms with Gasteiger partial charge in [0.1, 0.15) is 12.9 Å². The summed E-state index contributed by atoms with van der Waals surface area (Å²) in [5, 5.41) is 20.0. The van der Waals surface area contributed by atoms with E-state index in [1.807, 2.05) is 0 Å². The van der Waals surface area contributed by atoms with Crippen LogP contribution < -0.4 is 0 Å². The highest BCUT2D eigenvalue weighted by Gasteiger charge is 2.13. The van der Waals surface area contributed by atoms with Gasteiger partial charge in [0.05, 0.1) is 13.2 Å². The predicted octanol–water partition coefficient (Wildman–Crippen LogP) is 7.04. The highest BCUT2D eigenvalue weighted by Crippen LogP contribution is 2.12. The van der Waals surface area contributed by atoms with Gasteiger partial charge in [0, 0.05) is 37.9 Å². The van der Waals surface area contributed by atoms with E-state index in [0.29, 0.717) is 6.42 Å². The maximum absolute atomic E-state index is 11.6. The Morgan fingerprint density at radius 2 is 1.25 bits per heavy atom. The van der Waals surface area contributed by atoms with E-state index >= 15 is 0 Å². The molecule has 0 fully saturated rings. The minimum absolute atomic E-state index is 0. The van der Waals surface area contributed by atoms with Gasteiger partial charge in [-0.1, -0.05) is 77.6 Å². The number of aliphatic hydroxyl groups excluding tert-OH is 2. The second-order valence-corrected chi connectivity index (χ2v) is 9.38. The predicted molar refractivity (Wildman–Crippen MR) is 181 cm³/mol. The van der Waals surface area contributed by atoms with Crippen molar-refractivity contribution in [1.29, 1.82) is 0 Å². The molecule has 0 rings (SSSR count). The molecule has 0 saturated heterocycles. The summed E-state index contributed by atoms with van der Waals surface area (Å²) in [6.07, 6.45) is 19.7. The summed E-state index contributed by atoms with van der Waals surface area (Å²) in [6.45, 7) is 2.98. The van der Waals surface area contributed by atoms with Gasteiger partial charge in [-0.2, -0.15) is 0 Å². The number of carbonyl (C=O) groups excluding carboxylic acids is 2. The van der Waals surface area contributed by atoms with Crippen molar-refractivity contribution in [2.24, 2.45) is 0 Å². The van der Waals surface area contributed by atoms with E-state index in [1.165, 1.54) is 71.1 Å². The van der Waals surface area contributed by atoms with Gasteiger partial charge in [-0.15, -0.1) is 6.42 Å². The molecule has 0 amide bonds. The molecule has 0 spiro atoms. The molecule has 0 bridgehead atoms. The van der Waals surface area contributed by atoms with Gasteiger partial charge in [-0.25, -0.2) is 0 Å². The van der Waals surface area contributed by atoms with Crippen molar-refractivity contribution in [1.82, 2.24) is 0 Å². The molecular formula is C33H60O6S. The Bertz CT molecular complexity index is 1070. The number of terminal acetylenes is 1. The van der Waals surface area contributed by atoms with E-state index in [9.17, 15) is 9.59 Å². The number of hydrogen-bond acceptors (Lipinski definition) is 7. The molecule has 1 atom stereocenters. The lowest BCUT2D eigenvalue weighted by Crippen LogP contribution is -2.27. The van der Waals surface area contributed by atoms with Crippen molar-refractivity contribution >= 4 is 22.8 Å². The van der Waals surface area contributed by atoms with Crippen LogP contribution in [0.3, 0.4) is 0 Å². The lowest BCUT2D eigenvalue weighted by atomic mass is 10.0. The Kier molecular flexibility index (Phi) is 32.8. The molecule has 0 aromatic rings. The third-order valence-electron chi connectivity index (χ3n) is 4.95. The van der Waals surface area contributed by atoms with Crippen molar-refractivity contribution in [3.63, 3.8) is 0 Å². The van der Waals surface area contributed by atoms with Crippen molar-refractivity contribution in [2.45, 2.75) is 103 Å². The fourth-order valence-electron chi connectivity index (χ4n) is 3.04. The largest absolute Gasteiger partial charge is 0.457 e. The van der Waals surface area contributed by atoms with Gasteiger partial charge < -0.3 is 19.7 Å². The molecule has 6 nitrogen and oxygen atoms in total. The van der Waals surface area contributed by atoms with Crippen LogP contribution in [0.5, 0.6) is 0 Å². The molecule has 40 heavy (non-hydrogen) atoms. The molecule has 0 unspecified atom stereocenters. The summed E-state index contributed by atoms with van der Waals surface area (Å²) in [5.74, 6) is 23.6. The fraction of sp³-hybridized carbons (Fsp3) is 0.576. The minimum Gasteiger partial charge on any atom is -0.457 e. The number of carbonyl (C=O) groups is 2. The highest BCUT2D eigenvalue weighted by atomic mass is 32.2.